The van der Waals surface area contributed by atoms with Gasteiger partial charge in [0, 0.05) is 35.1 Å². The minimum absolute atomic E-state index is 0.570. The Balaban J connectivity index is 2.15. The number of anilines is 1. The number of hydrogen-bond acceptors (Lipinski definition) is 3. The fourth-order valence-electron chi connectivity index (χ4n) is 1.92. The normalized spacial score (nSPS) is 25.8. The van der Waals surface area contributed by atoms with E-state index in [1.807, 2.05) is 6.20 Å². The topological polar surface area (TPSA) is 16.1 Å². The summed E-state index contributed by atoms with van der Waals surface area (Å²) >= 11 is 5.50. The summed E-state index contributed by atoms with van der Waals surface area (Å²) in [6, 6.07) is 4.85. The van der Waals surface area contributed by atoms with Gasteiger partial charge in [0.25, 0.3) is 0 Å². The van der Waals surface area contributed by atoms with Crippen LogP contribution in [0, 0.1) is 0 Å². The first-order valence-electron chi connectivity index (χ1n) is 5.61. The van der Waals surface area contributed by atoms with E-state index in [0.29, 0.717) is 11.3 Å². The van der Waals surface area contributed by atoms with E-state index in [-0.39, 0.29) is 0 Å². The monoisotopic (exact) mass is 300 g/mol. The average Bonchev–Trinajstić information content (AvgIpc) is 2.33. The summed E-state index contributed by atoms with van der Waals surface area (Å²) in [5.74, 6) is 2.32. The number of alkyl halides is 1. The Bertz CT molecular complexity index is 341. The van der Waals surface area contributed by atoms with Gasteiger partial charge in [-0.2, -0.15) is 11.8 Å². The number of pyridine rings is 1. The first-order chi connectivity index (χ1) is 7.72. The minimum atomic E-state index is 0.570. The van der Waals surface area contributed by atoms with Crippen molar-refractivity contribution in [3.05, 3.63) is 23.9 Å². The van der Waals surface area contributed by atoms with Crippen LogP contribution in [0.4, 0.5) is 5.82 Å². The second-order valence-corrected chi connectivity index (χ2v) is 6.21. The zero-order valence-corrected chi connectivity index (χ0v) is 12.1. The van der Waals surface area contributed by atoms with Crippen LogP contribution in [0.5, 0.6) is 0 Å². The maximum Gasteiger partial charge on any atom is 0.128 e. The van der Waals surface area contributed by atoms with Crippen molar-refractivity contribution < 1.29 is 0 Å². The second kappa shape index (κ2) is 5.41. The smallest absolute Gasteiger partial charge is 0.128 e. The molecule has 1 aromatic rings. The van der Waals surface area contributed by atoms with Gasteiger partial charge >= 0.3 is 0 Å². The number of thioether (sulfide) groups is 1. The van der Waals surface area contributed by atoms with E-state index in [9.17, 15) is 0 Å². The summed E-state index contributed by atoms with van der Waals surface area (Å²) in [5, 5.41) is 1.56. The highest BCUT2D eigenvalue weighted by atomic mass is 79.9. The van der Waals surface area contributed by atoms with Crippen LogP contribution in [-0.2, 0) is 5.33 Å². The number of hydrogen-bond donors (Lipinski definition) is 0. The molecule has 1 aromatic heterocycles. The third-order valence-corrected chi connectivity index (χ3v) is 5.13. The minimum Gasteiger partial charge on any atom is -0.352 e. The first-order valence-corrected chi connectivity index (χ1v) is 7.78. The molecule has 2 atom stereocenters. The largest absolute Gasteiger partial charge is 0.352 e. The molecule has 2 rings (SSSR count). The lowest BCUT2D eigenvalue weighted by Gasteiger charge is -2.38. The molecule has 2 nitrogen and oxygen atoms in total. The van der Waals surface area contributed by atoms with Gasteiger partial charge in [-0.3, -0.25) is 0 Å². The zero-order chi connectivity index (χ0) is 11.5. The molecule has 1 aliphatic heterocycles. The van der Waals surface area contributed by atoms with Gasteiger partial charge in [0.15, 0.2) is 0 Å². The van der Waals surface area contributed by atoms with Crippen LogP contribution in [0.1, 0.15) is 19.4 Å². The molecule has 0 amide bonds. The van der Waals surface area contributed by atoms with Crippen LogP contribution in [0.2, 0.25) is 0 Å². The molecule has 1 aliphatic rings. The standard InChI is InChI=1S/C12H17BrN2S/c1-9-10(2)16-6-5-15(9)12-4-3-11(7-13)8-14-12/h3-4,8-10H,5-7H2,1-2H3. The molecular weight excluding hydrogens is 284 g/mol. The van der Waals surface area contributed by atoms with E-state index in [0.717, 1.165) is 17.7 Å². The number of halogens is 1. The zero-order valence-electron chi connectivity index (χ0n) is 9.69. The molecule has 0 bridgehead atoms. The molecule has 1 saturated heterocycles. The molecule has 2 heterocycles. The molecule has 1 fully saturated rings. The van der Waals surface area contributed by atoms with Gasteiger partial charge in [0.05, 0.1) is 0 Å². The molecule has 0 N–H and O–H groups in total. The molecular formula is C12H17BrN2S. The van der Waals surface area contributed by atoms with E-state index in [4.69, 9.17) is 0 Å². The molecule has 0 aromatic carbocycles. The van der Waals surface area contributed by atoms with Crippen molar-refractivity contribution in [2.75, 3.05) is 17.2 Å². The Hall–Kier alpha value is -0.220. The summed E-state index contributed by atoms with van der Waals surface area (Å²) < 4.78 is 0. The molecule has 0 spiro atoms. The SMILES string of the molecule is CC1SCCN(c2ccc(CBr)cn2)C1C. The molecule has 16 heavy (non-hydrogen) atoms. The van der Waals surface area contributed by atoms with Crippen molar-refractivity contribution in [3.8, 4) is 0 Å². The Morgan fingerprint density at radius 3 is 2.94 bits per heavy atom. The van der Waals surface area contributed by atoms with Crippen LogP contribution < -0.4 is 4.90 Å². The van der Waals surface area contributed by atoms with Gasteiger partial charge in [0.2, 0.25) is 0 Å². The summed E-state index contributed by atoms with van der Waals surface area (Å²) in [5.41, 5.74) is 1.23. The van der Waals surface area contributed by atoms with E-state index in [1.54, 1.807) is 0 Å². The van der Waals surface area contributed by atoms with Crippen molar-refractivity contribution >= 4 is 33.5 Å². The summed E-state index contributed by atoms with van der Waals surface area (Å²) in [4.78, 5) is 6.96. The van der Waals surface area contributed by atoms with E-state index >= 15 is 0 Å². The van der Waals surface area contributed by atoms with Gasteiger partial charge in [-0.05, 0) is 18.6 Å². The van der Waals surface area contributed by atoms with Crippen LogP contribution >= 0.6 is 27.7 Å². The van der Waals surface area contributed by atoms with Crippen LogP contribution in [-0.4, -0.2) is 28.6 Å². The average molecular weight is 301 g/mol. The van der Waals surface area contributed by atoms with Crippen molar-refractivity contribution in [2.45, 2.75) is 30.5 Å². The van der Waals surface area contributed by atoms with Gasteiger partial charge in [0.1, 0.15) is 5.82 Å². The summed E-state index contributed by atoms with van der Waals surface area (Å²) in [6.45, 7) is 5.70. The van der Waals surface area contributed by atoms with Gasteiger partial charge < -0.3 is 4.90 Å². The van der Waals surface area contributed by atoms with E-state index in [2.05, 4.69) is 63.6 Å². The lowest BCUT2D eigenvalue weighted by atomic mass is 10.2. The molecule has 88 valence electrons. The molecule has 0 aliphatic carbocycles. The van der Waals surface area contributed by atoms with Gasteiger partial charge in [-0.15, -0.1) is 0 Å². The van der Waals surface area contributed by atoms with Gasteiger partial charge in [-0.25, -0.2) is 4.98 Å². The van der Waals surface area contributed by atoms with Gasteiger partial charge in [-0.1, -0.05) is 28.9 Å². The number of aromatic nitrogens is 1. The highest BCUT2D eigenvalue weighted by molar-refractivity contribution is 9.08. The third kappa shape index (κ3) is 2.54. The quantitative estimate of drug-likeness (QED) is 0.780. The van der Waals surface area contributed by atoms with Crippen LogP contribution in [0.25, 0.3) is 0 Å². The Morgan fingerprint density at radius 2 is 2.31 bits per heavy atom. The van der Waals surface area contributed by atoms with Crippen molar-refractivity contribution in [1.82, 2.24) is 4.98 Å². The predicted octanol–water partition coefficient (Wildman–Crippen LogP) is 3.31. The lowest BCUT2D eigenvalue weighted by molar-refractivity contribution is 0.620. The fourth-order valence-corrected chi connectivity index (χ4v) is 3.35. The first kappa shape index (κ1) is 12.2. The molecule has 0 saturated carbocycles. The predicted molar refractivity (Wildman–Crippen MR) is 75.6 cm³/mol. The van der Waals surface area contributed by atoms with E-state index < -0.39 is 0 Å². The van der Waals surface area contributed by atoms with Crippen molar-refractivity contribution in [3.63, 3.8) is 0 Å². The number of rotatable bonds is 2. The molecule has 4 heteroatoms. The Kier molecular flexibility index (Phi) is 4.14. The van der Waals surface area contributed by atoms with Crippen LogP contribution in [0.15, 0.2) is 18.3 Å². The highest BCUT2D eigenvalue weighted by Gasteiger charge is 2.25. The van der Waals surface area contributed by atoms with Crippen molar-refractivity contribution in [2.24, 2.45) is 0 Å². The third-order valence-electron chi connectivity index (χ3n) is 3.14. The van der Waals surface area contributed by atoms with Crippen LogP contribution in [0.3, 0.4) is 0 Å². The molecule has 0 radical (unpaired) electrons. The lowest BCUT2D eigenvalue weighted by Crippen LogP contribution is -2.45. The summed E-state index contributed by atoms with van der Waals surface area (Å²) in [6.07, 6.45) is 1.96. The van der Waals surface area contributed by atoms with E-state index in [1.165, 1.54) is 11.3 Å². The maximum atomic E-state index is 4.54. The molecule has 2 unspecified atom stereocenters. The fraction of sp³-hybridized carbons (Fsp3) is 0.583. The Labute approximate surface area is 110 Å². The second-order valence-electron chi connectivity index (χ2n) is 4.17. The highest BCUT2D eigenvalue weighted by Crippen LogP contribution is 2.27. The number of nitrogens with zero attached hydrogens (tertiary/aromatic N) is 2. The Morgan fingerprint density at radius 1 is 1.50 bits per heavy atom. The summed E-state index contributed by atoms with van der Waals surface area (Å²) in [7, 11) is 0. The van der Waals surface area contributed by atoms with Crippen molar-refractivity contribution in [1.29, 1.82) is 0 Å². The maximum absolute atomic E-state index is 4.54.